The molecule has 0 aliphatic carbocycles. The van der Waals surface area contributed by atoms with E-state index in [1.165, 1.54) is 0 Å². The van der Waals surface area contributed by atoms with Crippen molar-refractivity contribution in [2.45, 2.75) is 32.1 Å². The molecule has 104 valence electrons. The number of nitrogens with zero attached hydrogens (tertiary/aromatic N) is 1. The van der Waals surface area contributed by atoms with Crippen LogP contribution in [-0.2, 0) is 4.79 Å². The van der Waals surface area contributed by atoms with Gasteiger partial charge in [-0.3, -0.25) is 4.79 Å². The van der Waals surface area contributed by atoms with Gasteiger partial charge in [-0.25, -0.2) is 0 Å². The zero-order chi connectivity index (χ0) is 13.7. The minimum absolute atomic E-state index is 0.0429. The molecule has 1 aromatic carbocycles. The Labute approximate surface area is 115 Å². The van der Waals surface area contributed by atoms with Gasteiger partial charge >= 0.3 is 0 Å². The SMILES string of the molecule is CCC(C(=O)N1CCCC(CO)C1)c1ccccc1. The quantitative estimate of drug-likeness (QED) is 0.904. The van der Waals surface area contributed by atoms with Crippen molar-refractivity contribution in [3.63, 3.8) is 0 Å². The zero-order valence-corrected chi connectivity index (χ0v) is 11.6. The number of benzene rings is 1. The molecule has 1 fully saturated rings. The van der Waals surface area contributed by atoms with Crippen molar-refractivity contribution in [2.75, 3.05) is 19.7 Å². The molecule has 2 atom stereocenters. The topological polar surface area (TPSA) is 40.5 Å². The van der Waals surface area contributed by atoms with Crippen molar-refractivity contribution >= 4 is 5.91 Å². The van der Waals surface area contributed by atoms with Gasteiger partial charge in [-0.2, -0.15) is 0 Å². The van der Waals surface area contributed by atoms with Gasteiger partial charge in [0, 0.05) is 19.7 Å². The number of carbonyl (C=O) groups is 1. The third kappa shape index (κ3) is 3.35. The van der Waals surface area contributed by atoms with Crippen molar-refractivity contribution in [3.8, 4) is 0 Å². The van der Waals surface area contributed by atoms with E-state index >= 15 is 0 Å². The van der Waals surface area contributed by atoms with Gasteiger partial charge < -0.3 is 10.0 Å². The molecule has 3 nitrogen and oxygen atoms in total. The maximum absolute atomic E-state index is 12.6. The average molecular weight is 261 g/mol. The van der Waals surface area contributed by atoms with Crippen molar-refractivity contribution in [1.82, 2.24) is 4.90 Å². The lowest BCUT2D eigenvalue weighted by atomic mass is 9.92. The summed E-state index contributed by atoms with van der Waals surface area (Å²) in [6.45, 7) is 3.78. The van der Waals surface area contributed by atoms with Crippen LogP contribution in [0.1, 0.15) is 37.7 Å². The summed E-state index contributed by atoms with van der Waals surface area (Å²) in [5.74, 6) is 0.427. The van der Waals surface area contributed by atoms with E-state index in [2.05, 4.69) is 6.92 Å². The van der Waals surface area contributed by atoms with Gasteiger partial charge in [-0.05, 0) is 30.7 Å². The van der Waals surface area contributed by atoms with Crippen LogP contribution in [0.5, 0.6) is 0 Å². The summed E-state index contributed by atoms with van der Waals surface area (Å²) in [7, 11) is 0. The largest absolute Gasteiger partial charge is 0.396 e. The Bertz CT molecular complexity index is 404. The first kappa shape index (κ1) is 14.1. The molecule has 2 rings (SSSR count). The number of hydrogen-bond donors (Lipinski definition) is 1. The van der Waals surface area contributed by atoms with Gasteiger partial charge in [0.2, 0.25) is 5.91 Å². The molecule has 2 unspecified atom stereocenters. The molecule has 0 radical (unpaired) electrons. The van der Waals surface area contributed by atoms with Crippen molar-refractivity contribution in [3.05, 3.63) is 35.9 Å². The van der Waals surface area contributed by atoms with E-state index in [-0.39, 0.29) is 24.3 Å². The molecule has 0 bridgehead atoms. The maximum atomic E-state index is 12.6. The summed E-state index contributed by atoms with van der Waals surface area (Å²) in [4.78, 5) is 14.6. The highest BCUT2D eigenvalue weighted by atomic mass is 16.3. The number of aliphatic hydroxyl groups is 1. The average Bonchev–Trinajstić information content (AvgIpc) is 2.49. The highest BCUT2D eigenvalue weighted by molar-refractivity contribution is 5.83. The molecule has 1 heterocycles. The summed E-state index contributed by atoms with van der Waals surface area (Å²) < 4.78 is 0. The lowest BCUT2D eigenvalue weighted by Crippen LogP contribution is -2.43. The van der Waals surface area contributed by atoms with Gasteiger partial charge in [0.25, 0.3) is 0 Å². The molecule has 0 aromatic heterocycles. The van der Waals surface area contributed by atoms with Crippen LogP contribution < -0.4 is 0 Å². The number of rotatable bonds is 4. The first-order valence-electron chi connectivity index (χ1n) is 7.20. The zero-order valence-electron chi connectivity index (χ0n) is 11.6. The Morgan fingerprint density at radius 1 is 1.42 bits per heavy atom. The molecule has 1 amide bonds. The molecule has 1 N–H and O–H groups in total. The fraction of sp³-hybridized carbons (Fsp3) is 0.562. The maximum Gasteiger partial charge on any atom is 0.230 e. The number of amides is 1. The van der Waals surface area contributed by atoms with Crippen LogP contribution in [0.15, 0.2) is 30.3 Å². The van der Waals surface area contributed by atoms with Gasteiger partial charge in [0.05, 0.1) is 5.92 Å². The van der Waals surface area contributed by atoms with Crippen LogP contribution in [0, 0.1) is 5.92 Å². The molecule has 19 heavy (non-hydrogen) atoms. The van der Waals surface area contributed by atoms with Crippen molar-refractivity contribution in [2.24, 2.45) is 5.92 Å². The summed E-state index contributed by atoms with van der Waals surface area (Å²) in [5, 5.41) is 9.27. The predicted octanol–water partition coefficient (Wildman–Crippen LogP) is 2.41. The van der Waals surface area contributed by atoms with E-state index in [1.807, 2.05) is 35.2 Å². The minimum atomic E-state index is -0.0429. The Hall–Kier alpha value is -1.35. The number of aliphatic hydroxyl groups excluding tert-OH is 1. The first-order chi connectivity index (χ1) is 9.26. The third-order valence-electron chi connectivity index (χ3n) is 4.00. The third-order valence-corrected chi connectivity index (χ3v) is 4.00. The molecule has 1 aliphatic rings. The summed E-state index contributed by atoms with van der Waals surface area (Å²) in [5.41, 5.74) is 1.10. The Morgan fingerprint density at radius 2 is 2.16 bits per heavy atom. The van der Waals surface area contributed by atoms with Crippen LogP contribution in [0.2, 0.25) is 0 Å². The monoisotopic (exact) mass is 261 g/mol. The molecular formula is C16H23NO2. The Kier molecular flexibility index (Phi) is 4.97. The Morgan fingerprint density at radius 3 is 2.79 bits per heavy atom. The normalized spacial score (nSPS) is 21.2. The molecular weight excluding hydrogens is 238 g/mol. The highest BCUT2D eigenvalue weighted by Gasteiger charge is 2.28. The highest BCUT2D eigenvalue weighted by Crippen LogP contribution is 2.25. The lowest BCUT2D eigenvalue weighted by Gasteiger charge is -2.34. The summed E-state index contributed by atoms with van der Waals surface area (Å²) >= 11 is 0. The second-order valence-electron chi connectivity index (χ2n) is 5.35. The predicted molar refractivity (Wildman–Crippen MR) is 75.9 cm³/mol. The fourth-order valence-corrected chi connectivity index (χ4v) is 2.87. The van der Waals surface area contributed by atoms with Crippen LogP contribution in [-0.4, -0.2) is 35.6 Å². The molecule has 1 aromatic rings. The second kappa shape index (κ2) is 6.71. The summed E-state index contributed by atoms with van der Waals surface area (Å²) in [6, 6.07) is 10.00. The van der Waals surface area contributed by atoms with E-state index in [9.17, 15) is 9.90 Å². The molecule has 0 saturated carbocycles. The van der Waals surface area contributed by atoms with Crippen LogP contribution in [0.4, 0.5) is 0 Å². The van der Waals surface area contributed by atoms with Crippen LogP contribution in [0.3, 0.4) is 0 Å². The van der Waals surface area contributed by atoms with Crippen LogP contribution >= 0.6 is 0 Å². The Balaban J connectivity index is 2.08. The molecule has 1 aliphatic heterocycles. The first-order valence-corrected chi connectivity index (χ1v) is 7.20. The number of piperidine rings is 1. The van der Waals surface area contributed by atoms with Gasteiger partial charge in [-0.1, -0.05) is 37.3 Å². The smallest absolute Gasteiger partial charge is 0.230 e. The van der Waals surface area contributed by atoms with E-state index in [1.54, 1.807) is 0 Å². The van der Waals surface area contributed by atoms with E-state index < -0.39 is 0 Å². The number of likely N-dealkylation sites (tertiary alicyclic amines) is 1. The fourth-order valence-electron chi connectivity index (χ4n) is 2.87. The number of hydrogen-bond acceptors (Lipinski definition) is 2. The minimum Gasteiger partial charge on any atom is -0.396 e. The van der Waals surface area contributed by atoms with Gasteiger partial charge in [0.1, 0.15) is 0 Å². The number of carbonyl (C=O) groups excluding carboxylic acids is 1. The van der Waals surface area contributed by atoms with Crippen molar-refractivity contribution < 1.29 is 9.90 Å². The lowest BCUT2D eigenvalue weighted by molar-refractivity contribution is -0.135. The van der Waals surface area contributed by atoms with E-state index in [4.69, 9.17) is 0 Å². The second-order valence-corrected chi connectivity index (χ2v) is 5.35. The molecule has 1 saturated heterocycles. The standard InChI is InChI=1S/C16H23NO2/c1-2-15(14-8-4-3-5-9-14)16(19)17-10-6-7-13(11-17)12-18/h3-5,8-9,13,15,18H,2,6-7,10-12H2,1H3. The van der Waals surface area contributed by atoms with E-state index in [0.717, 1.165) is 31.4 Å². The van der Waals surface area contributed by atoms with Gasteiger partial charge in [-0.15, -0.1) is 0 Å². The van der Waals surface area contributed by atoms with Crippen molar-refractivity contribution in [1.29, 1.82) is 0 Å². The molecule has 3 heteroatoms. The van der Waals surface area contributed by atoms with Crippen LogP contribution in [0.25, 0.3) is 0 Å². The molecule has 0 spiro atoms. The summed E-state index contributed by atoms with van der Waals surface area (Å²) in [6.07, 6.45) is 2.85. The van der Waals surface area contributed by atoms with Gasteiger partial charge in [0.15, 0.2) is 0 Å². The van der Waals surface area contributed by atoms with E-state index in [0.29, 0.717) is 6.54 Å².